The lowest BCUT2D eigenvalue weighted by atomic mass is 10.1. The molecule has 0 saturated carbocycles. The van der Waals surface area contributed by atoms with Crippen LogP contribution in [0.4, 0.5) is 0 Å². The molecular formula is C10H15NS. The largest absolute Gasteiger partial charge is 0.256 e. The lowest BCUT2D eigenvalue weighted by molar-refractivity contribution is 0.805. The Kier molecular flexibility index (Phi) is 3.15. The van der Waals surface area contributed by atoms with Crippen molar-refractivity contribution in [1.82, 2.24) is 4.98 Å². The molecule has 0 fully saturated rings. The van der Waals surface area contributed by atoms with E-state index in [4.69, 9.17) is 0 Å². The standard InChI is InChI=1S/C10H15NS/c1-7(2)9-5-4-6-10(11-9)8(3)12/h4-8,12H,1-3H3. The first-order valence-electron chi connectivity index (χ1n) is 4.26. The van der Waals surface area contributed by atoms with Gasteiger partial charge in [-0.15, -0.1) is 0 Å². The zero-order valence-corrected chi connectivity index (χ0v) is 8.68. The van der Waals surface area contributed by atoms with Crippen LogP contribution >= 0.6 is 12.6 Å². The van der Waals surface area contributed by atoms with Crippen LogP contribution in [0.1, 0.15) is 43.3 Å². The molecule has 0 aliphatic rings. The Morgan fingerprint density at radius 3 is 2.25 bits per heavy atom. The molecule has 0 bridgehead atoms. The fraction of sp³-hybridized carbons (Fsp3) is 0.500. The third kappa shape index (κ3) is 2.24. The fourth-order valence-corrected chi connectivity index (χ4v) is 1.17. The zero-order valence-electron chi connectivity index (χ0n) is 7.78. The Balaban J connectivity index is 2.96. The van der Waals surface area contributed by atoms with Crippen molar-refractivity contribution in [3.8, 4) is 0 Å². The van der Waals surface area contributed by atoms with Crippen molar-refractivity contribution in [2.75, 3.05) is 0 Å². The number of thiol groups is 1. The summed E-state index contributed by atoms with van der Waals surface area (Å²) in [5.74, 6) is 0.497. The molecule has 0 aliphatic carbocycles. The number of pyridine rings is 1. The van der Waals surface area contributed by atoms with E-state index < -0.39 is 0 Å². The van der Waals surface area contributed by atoms with E-state index in [1.54, 1.807) is 0 Å². The second-order valence-electron chi connectivity index (χ2n) is 3.32. The zero-order chi connectivity index (χ0) is 9.14. The molecule has 0 saturated heterocycles. The van der Waals surface area contributed by atoms with E-state index in [-0.39, 0.29) is 5.25 Å². The lowest BCUT2D eigenvalue weighted by Gasteiger charge is -2.08. The van der Waals surface area contributed by atoms with Gasteiger partial charge in [0, 0.05) is 10.9 Å². The van der Waals surface area contributed by atoms with Crippen molar-refractivity contribution < 1.29 is 0 Å². The molecule has 0 spiro atoms. The van der Waals surface area contributed by atoms with Crippen LogP contribution in [-0.4, -0.2) is 4.98 Å². The van der Waals surface area contributed by atoms with Gasteiger partial charge < -0.3 is 0 Å². The summed E-state index contributed by atoms with van der Waals surface area (Å²) in [4.78, 5) is 4.50. The SMILES string of the molecule is CC(C)c1cccc(C(C)S)n1. The molecule has 0 aliphatic heterocycles. The van der Waals surface area contributed by atoms with Crippen molar-refractivity contribution in [3.05, 3.63) is 29.6 Å². The van der Waals surface area contributed by atoms with Crippen LogP contribution in [0.15, 0.2) is 18.2 Å². The number of nitrogens with zero attached hydrogens (tertiary/aromatic N) is 1. The predicted molar refractivity (Wildman–Crippen MR) is 55.7 cm³/mol. The molecule has 2 heteroatoms. The Bertz CT molecular complexity index is 233. The van der Waals surface area contributed by atoms with Gasteiger partial charge in [0.1, 0.15) is 0 Å². The maximum absolute atomic E-state index is 4.50. The van der Waals surface area contributed by atoms with Crippen LogP contribution in [0.25, 0.3) is 0 Å². The Morgan fingerprint density at radius 1 is 1.17 bits per heavy atom. The lowest BCUT2D eigenvalue weighted by Crippen LogP contribution is -1.97. The summed E-state index contributed by atoms with van der Waals surface area (Å²) < 4.78 is 0. The van der Waals surface area contributed by atoms with Gasteiger partial charge in [0.2, 0.25) is 0 Å². The van der Waals surface area contributed by atoms with Crippen LogP contribution in [0.5, 0.6) is 0 Å². The molecule has 0 aromatic carbocycles. The minimum atomic E-state index is 0.226. The highest BCUT2D eigenvalue weighted by atomic mass is 32.1. The molecule has 1 nitrogen and oxygen atoms in total. The first-order chi connectivity index (χ1) is 5.61. The third-order valence-corrected chi connectivity index (χ3v) is 2.08. The van der Waals surface area contributed by atoms with Crippen LogP contribution in [0, 0.1) is 0 Å². The molecule has 1 rings (SSSR count). The minimum Gasteiger partial charge on any atom is -0.256 e. The van der Waals surface area contributed by atoms with Crippen molar-refractivity contribution in [3.63, 3.8) is 0 Å². The van der Waals surface area contributed by atoms with Gasteiger partial charge >= 0.3 is 0 Å². The number of rotatable bonds is 2. The summed E-state index contributed by atoms with van der Waals surface area (Å²) in [5, 5.41) is 0.226. The highest BCUT2D eigenvalue weighted by molar-refractivity contribution is 7.80. The van der Waals surface area contributed by atoms with Gasteiger partial charge in [-0.1, -0.05) is 19.9 Å². The number of hydrogen-bond acceptors (Lipinski definition) is 2. The molecule has 12 heavy (non-hydrogen) atoms. The predicted octanol–water partition coefficient (Wildman–Crippen LogP) is 3.20. The van der Waals surface area contributed by atoms with E-state index >= 15 is 0 Å². The molecular weight excluding hydrogens is 166 g/mol. The fourth-order valence-electron chi connectivity index (χ4n) is 1.02. The Labute approximate surface area is 79.6 Å². The van der Waals surface area contributed by atoms with Gasteiger partial charge in [0.05, 0.1) is 5.69 Å². The molecule has 0 amide bonds. The van der Waals surface area contributed by atoms with Crippen LogP contribution in [0.2, 0.25) is 0 Å². The van der Waals surface area contributed by atoms with E-state index in [9.17, 15) is 0 Å². The summed E-state index contributed by atoms with van der Waals surface area (Å²) in [6, 6.07) is 6.12. The van der Waals surface area contributed by atoms with Gasteiger partial charge in [-0.3, -0.25) is 4.98 Å². The van der Waals surface area contributed by atoms with Crippen LogP contribution in [-0.2, 0) is 0 Å². The summed E-state index contributed by atoms with van der Waals surface area (Å²) in [6.07, 6.45) is 0. The second kappa shape index (κ2) is 3.94. The topological polar surface area (TPSA) is 12.9 Å². The Hall–Kier alpha value is -0.500. The Morgan fingerprint density at radius 2 is 1.75 bits per heavy atom. The number of hydrogen-bond donors (Lipinski definition) is 1. The van der Waals surface area contributed by atoms with Gasteiger partial charge in [-0.25, -0.2) is 0 Å². The minimum absolute atomic E-state index is 0.226. The van der Waals surface area contributed by atoms with Gasteiger partial charge in [0.25, 0.3) is 0 Å². The normalized spacial score (nSPS) is 13.4. The van der Waals surface area contributed by atoms with Crippen LogP contribution in [0.3, 0.4) is 0 Å². The highest BCUT2D eigenvalue weighted by Gasteiger charge is 2.04. The van der Waals surface area contributed by atoms with Crippen LogP contribution < -0.4 is 0 Å². The van der Waals surface area contributed by atoms with Gasteiger partial charge in [0.15, 0.2) is 0 Å². The molecule has 1 unspecified atom stereocenters. The highest BCUT2D eigenvalue weighted by Crippen LogP contribution is 2.19. The van der Waals surface area contributed by atoms with E-state index in [0.29, 0.717) is 5.92 Å². The van der Waals surface area contributed by atoms with Crippen molar-refractivity contribution in [1.29, 1.82) is 0 Å². The summed E-state index contributed by atoms with van der Waals surface area (Å²) in [7, 11) is 0. The summed E-state index contributed by atoms with van der Waals surface area (Å²) in [5.41, 5.74) is 2.21. The summed E-state index contributed by atoms with van der Waals surface area (Å²) in [6.45, 7) is 6.33. The average Bonchev–Trinajstić information content (AvgIpc) is 2.04. The molecule has 0 radical (unpaired) electrons. The van der Waals surface area contributed by atoms with E-state index in [0.717, 1.165) is 11.4 Å². The molecule has 1 atom stereocenters. The molecule has 1 aromatic rings. The van der Waals surface area contributed by atoms with Crippen molar-refractivity contribution in [2.24, 2.45) is 0 Å². The molecule has 66 valence electrons. The smallest absolute Gasteiger partial charge is 0.0531 e. The van der Waals surface area contributed by atoms with Crippen molar-refractivity contribution >= 4 is 12.6 Å². The first kappa shape index (κ1) is 9.59. The second-order valence-corrected chi connectivity index (χ2v) is 4.09. The summed E-state index contributed by atoms with van der Waals surface area (Å²) >= 11 is 4.34. The van der Waals surface area contributed by atoms with E-state index in [1.807, 2.05) is 19.1 Å². The quantitative estimate of drug-likeness (QED) is 0.691. The maximum atomic E-state index is 4.50. The molecule has 0 N–H and O–H groups in total. The van der Waals surface area contributed by atoms with E-state index in [2.05, 4.69) is 37.5 Å². The monoisotopic (exact) mass is 181 g/mol. The molecule has 1 aromatic heterocycles. The number of aromatic nitrogens is 1. The average molecular weight is 181 g/mol. The third-order valence-electron chi connectivity index (χ3n) is 1.81. The van der Waals surface area contributed by atoms with Gasteiger partial charge in [-0.2, -0.15) is 12.6 Å². The molecule has 1 heterocycles. The maximum Gasteiger partial charge on any atom is 0.0531 e. The van der Waals surface area contributed by atoms with Gasteiger partial charge in [-0.05, 0) is 25.0 Å². The van der Waals surface area contributed by atoms with E-state index in [1.165, 1.54) is 0 Å². The first-order valence-corrected chi connectivity index (χ1v) is 4.78. The van der Waals surface area contributed by atoms with Crippen molar-refractivity contribution in [2.45, 2.75) is 31.9 Å².